The van der Waals surface area contributed by atoms with Crippen LogP contribution in [0.15, 0.2) is 0 Å². The fourth-order valence-electron chi connectivity index (χ4n) is 7.00. The van der Waals surface area contributed by atoms with Crippen molar-refractivity contribution >= 4 is 0 Å². The summed E-state index contributed by atoms with van der Waals surface area (Å²) in [4.78, 5) is 0. The van der Waals surface area contributed by atoms with E-state index in [1.54, 1.807) is 0 Å². The number of ether oxygens (including phenoxy) is 3. The Bertz CT molecular complexity index is 386. The monoisotopic (exact) mass is 367 g/mol. The third-order valence-electron chi connectivity index (χ3n) is 5.97. The maximum atomic E-state index is 6.67. The van der Waals surface area contributed by atoms with Crippen molar-refractivity contribution in [2.45, 2.75) is 141 Å². The number of nitrogens with one attached hydrogen (secondary N) is 1. The fourth-order valence-corrected chi connectivity index (χ4v) is 7.00. The highest BCUT2D eigenvalue weighted by Crippen LogP contribution is 2.65. The van der Waals surface area contributed by atoms with Crippen LogP contribution in [0.3, 0.4) is 0 Å². The molecule has 0 aliphatic heterocycles. The van der Waals surface area contributed by atoms with Gasteiger partial charge in [0.05, 0.1) is 35.1 Å². The lowest BCUT2D eigenvalue weighted by molar-refractivity contribution is -0.315. The Morgan fingerprint density at radius 2 is 0.846 bits per heavy atom. The molecule has 4 rings (SSSR count). The van der Waals surface area contributed by atoms with Crippen LogP contribution in [0.5, 0.6) is 0 Å². The van der Waals surface area contributed by atoms with Gasteiger partial charge >= 0.3 is 0 Å². The lowest BCUT2D eigenvalue weighted by Gasteiger charge is -2.70. The molecule has 4 nitrogen and oxygen atoms in total. The number of hydrogen-bond donors (Lipinski definition) is 1. The summed E-state index contributed by atoms with van der Waals surface area (Å²) in [5, 5.41) is 3.94. The topological polar surface area (TPSA) is 39.7 Å². The van der Waals surface area contributed by atoms with Crippen molar-refractivity contribution in [3.05, 3.63) is 0 Å². The van der Waals surface area contributed by atoms with E-state index in [1.165, 1.54) is 0 Å². The van der Waals surface area contributed by atoms with Crippen molar-refractivity contribution in [2.24, 2.45) is 0 Å². The Morgan fingerprint density at radius 1 is 0.538 bits per heavy atom. The normalized spacial score (nSPS) is 42.0. The van der Waals surface area contributed by atoms with Crippen LogP contribution in [0.4, 0.5) is 0 Å². The van der Waals surface area contributed by atoms with Gasteiger partial charge in [-0.25, -0.2) is 0 Å². The Labute approximate surface area is 160 Å². The standard InChI is InChI=1S/C22H41NO3/c1-15(2)23-19-9-20(24-16(3)4)12-21(10-19,25-17(5)6)14-22(11-19,13-20)26-18(7)8/h15-18,23H,9-14H2,1-8H3. The summed E-state index contributed by atoms with van der Waals surface area (Å²) in [6.07, 6.45) is 6.87. The highest BCUT2D eigenvalue weighted by atomic mass is 16.5. The Kier molecular flexibility index (Phi) is 5.32. The minimum absolute atomic E-state index is 0.0432. The molecule has 0 heterocycles. The van der Waals surface area contributed by atoms with E-state index >= 15 is 0 Å². The molecule has 0 atom stereocenters. The Morgan fingerprint density at radius 3 is 1.08 bits per heavy atom. The van der Waals surface area contributed by atoms with Crippen molar-refractivity contribution in [1.82, 2.24) is 5.32 Å². The molecule has 0 unspecified atom stereocenters. The van der Waals surface area contributed by atoms with Crippen LogP contribution in [0.25, 0.3) is 0 Å². The smallest absolute Gasteiger partial charge is 0.0758 e. The van der Waals surface area contributed by atoms with Crippen LogP contribution in [0, 0.1) is 0 Å². The van der Waals surface area contributed by atoms with E-state index in [-0.39, 0.29) is 40.7 Å². The quantitative estimate of drug-likeness (QED) is 0.681. The first-order valence-corrected chi connectivity index (χ1v) is 10.7. The second kappa shape index (κ2) is 6.72. The largest absolute Gasteiger partial charge is 0.372 e. The van der Waals surface area contributed by atoms with E-state index < -0.39 is 0 Å². The zero-order valence-electron chi connectivity index (χ0n) is 18.3. The van der Waals surface area contributed by atoms with E-state index in [1.807, 2.05) is 0 Å². The molecule has 4 heteroatoms. The van der Waals surface area contributed by atoms with Gasteiger partial charge in [-0.3, -0.25) is 0 Å². The third-order valence-corrected chi connectivity index (χ3v) is 5.97. The predicted molar refractivity (Wildman–Crippen MR) is 106 cm³/mol. The Hall–Kier alpha value is -0.160. The molecular formula is C22H41NO3. The lowest BCUT2D eigenvalue weighted by Crippen LogP contribution is -2.77. The average molecular weight is 368 g/mol. The van der Waals surface area contributed by atoms with Crippen LogP contribution in [0.1, 0.15) is 93.9 Å². The molecule has 0 aromatic heterocycles. The van der Waals surface area contributed by atoms with Gasteiger partial charge in [0.2, 0.25) is 0 Å². The first-order chi connectivity index (χ1) is 11.9. The maximum Gasteiger partial charge on any atom is 0.0758 e. The molecule has 4 aliphatic rings. The van der Waals surface area contributed by atoms with Gasteiger partial charge in [0, 0.05) is 30.8 Å². The highest BCUT2D eigenvalue weighted by molar-refractivity contribution is 5.25. The number of rotatable bonds is 8. The molecule has 4 fully saturated rings. The number of hydrogen-bond acceptors (Lipinski definition) is 4. The van der Waals surface area contributed by atoms with Gasteiger partial charge in [-0.05, 0) is 60.8 Å². The molecule has 0 radical (unpaired) electrons. The van der Waals surface area contributed by atoms with Gasteiger partial charge in [-0.2, -0.15) is 0 Å². The van der Waals surface area contributed by atoms with Crippen LogP contribution in [-0.4, -0.2) is 46.7 Å². The molecule has 152 valence electrons. The summed E-state index contributed by atoms with van der Waals surface area (Å²) in [7, 11) is 0. The summed E-state index contributed by atoms with van der Waals surface area (Å²) in [6.45, 7) is 17.5. The fraction of sp³-hybridized carbons (Fsp3) is 1.00. The van der Waals surface area contributed by atoms with Crippen LogP contribution in [0.2, 0.25) is 0 Å². The van der Waals surface area contributed by atoms with Crippen molar-refractivity contribution in [3.8, 4) is 0 Å². The predicted octanol–water partition coefficient (Wildman–Crippen LogP) is 4.60. The first-order valence-electron chi connectivity index (χ1n) is 10.7. The van der Waals surface area contributed by atoms with Crippen molar-refractivity contribution in [3.63, 3.8) is 0 Å². The lowest BCUT2D eigenvalue weighted by atomic mass is 9.47. The third kappa shape index (κ3) is 3.99. The Balaban J connectivity index is 2.04. The molecule has 0 saturated heterocycles. The highest BCUT2D eigenvalue weighted by Gasteiger charge is 2.70. The maximum absolute atomic E-state index is 6.67. The van der Waals surface area contributed by atoms with Crippen molar-refractivity contribution < 1.29 is 14.2 Å². The van der Waals surface area contributed by atoms with Crippen molar-refractivity contribution in [2.75, 3.05) is 0 Å². The SMILES string of the molecule is CC(C)NC12CC3(OC(C)C)CC(OC(C)C)(C1)CC(OC(C)C)(C2)C3. The van der Waals surface area contributed by atoms with Crippen LogP contribution >= 0.6 is 0 Å². The van der Waals surface area contributed by atoms with E-state index in [0.29, 0.717) is 6.04 Å². The average Bonchev–Trinajstić information content (AvgIpc) is 2.28. The summed E-state index contributed by atoms with van der Waals surface area (Å²) in [5.74, 6) is 0. The summed E-state index contributed by atoms with van der Waals surface area (Å²) in [6, 6.07) is 0.439. The second-order valence-electron chi connectivity index (χ2n) is 10.7. The van der Waals surface area contributed by atoms with E-state index in [0.717, 1.165) is 38.5 Å². The molecule has 0 spiro atoms. The molecule has 1 N–H and O–H groups in total. The molecule has 26 heavy (non-hydrogen) atoms. The minimum atomic E-state index is -0.144. The van der Waals surface area contributed by atoms with Gasteiger partial charge in [-0.15, -0.1) is 0 Å². The zero-order valence-corrected chi connectivity index (χ0v) is 18.3. The van der Waals surface area contributed by atoms with E-state index in [4.69, 9.17) is 14.2 Å². The zero-order chi connectivity index (χ0) is 19.4. The molecule has 0 aromatic rings. The van der Waals surface area contributed by atoms with Crippen molar-refractivity contribution in [1.29, 1.82) is 0 Å². The van der Waals surface area contributed by atoms with Crippen LogP contribution < -0.4 is 5.32 Å². The first kappa shape index (κ1) is 20.6. The van der Waals surface area contributed by atoms with Gasteiger partial charge in [0.25, 0.3) is 0 Å². The summed E-state index contributed by atoms with van der Waals surface area (Å²) < 4.78 is 20.0. The second-order valence-corrected chi connectivity index (χ2v) is 10.7. The van der Waals surface area contributed by atoms with Crippen LogP contribution in [-0.2, 0) is 14.2 Å². The molecular weight excluding hydrogens is 326 g/mol. The molecule has 4 aliphatic carbocycles. The van der Waals surface area contributed by atoms with E-state index in [2.05, 4.69) is 60.7 Å². The summed E-state index contributed by atoms with van der Waals surface area (Å²) in [5.41, 5.74) is -0.390. The van der Waals surface area contributed by atoms with Gasteiger partial charge in [0.15, 0.2) is 0 Å². The molecule has 4 bridgehead atoms. The van der Waals surface area contributed by atoms with E-state index in [9.17, 15) is 0 Å². The molecule has 0 amide bonds. The minimum Gasteiger partial charge on any atom is -0.372 e. The molecule has 4 saturated carbocycles. The van der Waals surface area contributed by atoms with Gasteiger partial charge in [-0.1, -0.05) is 13.8 Å². The van der Waals surface area contributed by atoms with Gasteiger partial charge in [0.1, 0.15) is 0 Å². The summed E-state index contributed by atoms with van der Waals surface area (Å²) >= 11 is 0. The molecule has 0 aromatic carbocycles. The van der Waals surface area contributed by atoms with Gasteiger partial charge < -0.3 is 19.5 Å².